The molecular formula is C17H29IN4O2. The van der Waals surface area contributed by atoms with Crippen LogP contribution in [0.5, 0.6) is 5.88 Å². The van der Waals surface area contributed by atoms with Crippen molar-refractivity contribution >= 4 is 29.9 Å². The average molecular weight is 448 g/mol. The highest BCUT2D eigenvalue weighted by atomic mass is 127. The SMILES string of the molecule is CCCOc1ncccc1CNC(=NC)N(C)CC1CCOC1.I. The van der Waals surface area contributed by atoms with E-state index >= 15 is 0 Å². The summed E-state index contributed by atoms with van der Waals surface area (Å²) < 4.78 is 11.1. The van der Waals surface area contributed by atoms with Crippen molar-refractivity contribution in [3.8, 4) is 5.88 Å². The number of hydrogen-bond acceptors (Lipinski definition) is 4. The van der Waals surface area contributed by atoms with Crippen molar-refractivity contribution in [1.82, 2.24) is 15.2 Å². The smallest absolute Gasteiger partial charge is 0.218 e. The first kappa shape index (κ1) is 21.0. The lowest BCUT2D eigenvalue weighted by molar-refractivity contribution is 0.181. The Kier molecular flexibility index (Phi) is 10.0. The van der Waals surface area contributed by atoms with E-state index in [9.17, 15) is 0 Å². The molecule has 0 radical (unpaired) electrons. The fraction of sp³-hybridized carbons (Fsp3) is 0.647. The molecular weight excluding hydrogens is 419 g/mol. The van der Waals surface area contributed by atoms with Crippen molar-refractivity contribution in [2.45, 2.75) is 26.3 Å². The minimum Gasteiger partial charge on any atom is -0.477 e. The third-order valence-corrected chi connectivity index (χ3v) is 3.86. The van der Waals surface area contributed by atoms with Crippen LogP contribution < -0.4 is 10.1 Å². The largest absolute Gasteiger partial charge is 0.477 e. The third kappa shape index (κ3) is 6.43. The third-order valence-electron chi connectivity index (χ3n) is 3.86. The standard InChI is InChI=1S/C17H28N4O2.HI/c1-4-9-23-16-15(6-5-8-19-16)11-20-17(18-2)21(3)12-14-7-10-22-13-14;/h5-6,8,14H,4,7,9-13H2,1-3H3,(H,18,20);1H. The van der Waals surface area contributed by atoms with Gasteiger partial charge in [0.05, 0.1) is 13.2 Å². The van der Waals surface area contributed by atoms with Gasteiger partial charge in [-0.05, 0) is 18.9 Å². The van der Waals surface area contributed by atoms with Gasteiger partial charge in [-0.3, -0.25) is 4.99 Å². The van der Waals surface area contributed by atoms with Gasteiger partial charge >= 0.3 is 0 Å². The van der Waals surface area contributed by atoms with E-state index in [-0.39, 0.29) is 24.0 Å². The molecule has 1 saturated heterocycles. The lowest BCUT2D eigenvalue weighted by Gasteiger charge is -2.24. The van der Waals surface area contributed by atoms with Gasteiger partial charge in [-0.1, -0.05) is 13.0 Å². The molecule has 136 valence electrons. The molecule has 1 fully saturated rings. The quantitative estimate of drug-likeness (QED) is 0.395. The van der Waals surface area contributed by atoms with Gasteiger partial charge in [0.2, 0.25) is 5.88 Å². The second kappa shape index (κ2) is 11.5. The molecule has 7 heteroatoms. The molecule has 0 amide bonds. The molecule has 6 nitrogen and oxygen atoms in total. The predicted molar refractivity (Wildman–Crippen MR) is 107 cm³/mol. The van der Waals surface area contributed by atoms with Crippen LogP contribution in [0.1, 0.15) is 25.3 Å². The number of ether oxygens (including phenoxy) is 2. The zero-order chi connectivity index (χ0) is 16.5. The zero-order valence-corrected chi connectivity index (χ0v) is 17.2. The van der Waals surface area contributed by atoms with Crippen molar-refractivity contribution in [2.75, 3.05) is 40.5 Å². The van der Waals surface area contributed by atoms with Crippen molar-refractivity contribution in [3.05, 3.63) is 23.9 Å². The van der Waals surface area contributed by atoms with E-state index in [1.807, 2.05) is 19.2 Å². The first-order chi connectivity index (χ1) is 11.2. The molecule has 0 aromatic carbocycles. The van der Waals surface area contributed by atoms with E-state index in [0.29, 0.717) is 24.9 Å². The molecule has 0 bridgehead atoms. The molecule has 0 saturated carbocycles. The highest BCUT2D eigenvalue weighted by molar-refractivity contribution is 14.0. The highest BCUT2D eigenvalue weighted by Crippen LogP contribution is 2.15. The number of rotatable bonds is 7. The van der Waals surface area contributed by atoms with E-state index in [2.05, 4.69) is 34.2 Å². The minimum absolute atomic E-state index is 0. The summed E-state index contributed by atoms with van der Waals surface area (Å²) in [7, 11) is 3.87. The first-order valence-electron chi connectivity index (χ1n) is 8.30. The van der Waals surface area contributed by atoms with Gasteiger partial charge < -0.3 is 19.7 Å². The Morgan fingerprint density at radius 2 is 2.38 bits per heavy atom. The monoisotopic (exact) mass is 448 g/mol. The van der Waals surface area contributed by atoms with Crippen LogP contribution in [-0.2, 0) is 11.3 Å². The van der Waals surface area contributed by atoms with E-state index in [0.717, 1.165) is 44.1 Å². The molecule has 1 atom stereocenters. The second-order valence-corrected chi connectivity index (χ2v) is 5.83. The summed E-state index contributed by atoms with van der Waals surface area (Å²) in [6, 6.07) is 3.96. The van der Waals surface area contributed by atoms with Crippen molar-refractivity contribution < 1.29 is 9.47 Å². The summed E-state index contributed by atoms with van der Waals surface area (Å²) in [5, 5.41) is 3.39. The lowest BCUT2D eigenvalue weighted by Crippen LogP contribution is -2.41. The number of halogens is 1. The topological polar surface area (TPSA) is 59.0 Å². The molecule has 2 rings (SSSR count). The van der Waals surface area contributed by atoms with Crippen LogP contribution >= 0.6 is 24.0 Å². The summed E-state index contributed by atoms with van der Waals surface area (Å²) >= 11 is 0. The van der Waals surface area contributed by atoms with Crippen LogP contribution in [0.4, 0.5) is 0 Å². The van der Waals surface area contributed by atoms with Crippen LogP contribution in [0.25, 0.3) is 0 Å². The predicted octanol–water partition coefficient (Wildman–Crippen LogP) is 2.53. The maximum Gasteiger partial charge on any atom is 0.218 e. The van der Waals surface area contributed by atoms with Crippen molar-refractivity contribution in [1.29, 1.82) is 0 Å². The maximum atomic E-state index is 5.70. The normalized spacial score (nSPS) is 17.3. The van der Waals surface area contributed by atoms with E-state index < -0.39 is 0 Å². The number of nitrogens with zero attached hydrogens (tertiary/aromatic N) is 3. The minimum atomic E-state index is 0. The first-order valence-corrected chi connectivity index (χ1v) is 8.30. The summed E-state index contributed by atoms with van der Waals surface area (Å²) in [4.78, 5) is 10.8. The molecule has 2 heterocycles. The van der Waals surface area contributed by atoms with Gasteiger partial charge in [-0.2, -0.15) is 0 Å². The van der Waals surface area contributed by atoms with Gasteiger partial charge in [0.15, 0.2) is 5.96 Å². The number of aromatic nitrogens is 1. The van der Waals surface area contributed by atoms with Crippen LogP contribution in [0, 0.1) is 5.92 Å². The van der Waals surface area contributed by atoms with Gasteiger partial charge in [0.25, 0.3) is 0 Å². The molecule has 1 aromatic rings. The number of guanidine groups is 1. The molecule has 1 aliphatic rings. The zero-order valence-electron chi connectivity index (χ0n) is 14.8. The van der Waals surface area contributed by atoms with Gasteiger partial charge in [-0.25, -0.2) is 4.98 Å². The van der Waals surface area contributed by atoms with Crippen LogP contribution in [0.2, 0.25) is 0 Å². The Morgan fingerprint density at radius 3 is 3.04 bits per heavy atom. The molecule has 1 unspecified atom stereocenters. The molecule has 24 heavy (non-hydrogen) atoms. The fourth-order valence-corrected chi connectivity index (χ4v) is 2.65. The Morgan fingerprint density at radius 1 is 1.54 bits per heavy atom. The van der Waals surface area contributed by atoms with Gasteiger partial charge in [0.1, 0.15) is 0 Å². The summed E-state index contributed by atoms with van der Waals surface area (Å²) in [5.74, 6) is 2.16. The van der Waals surface area contributed by atoms with Crippen LogP contribution in [-0.4, -0.2) is 56.3 Å². The van der Waals surface area contributed by atoms with Crippen molar-refractivity contribution in [2.24, 2.45) is 10.9 Å². The maximum absolute atomic E-state index is 5.70. The van der Waals surface area contributed by atoms with Gasteiger partial charge in [-0.15, -0.1) is 24.0 Å². The average Bonchev–Trinajstić information content (AvgIpc) is 3.07. The number of aliphatic imine (C=N–C) groups is 1. The number of pyridine rings is 1. The second-order valence-electron chi connectivity index (χ2n) is 5.83. The van der Waals surface area contributed by atoms with Crippen molar-refractivity contribution in [3.63, 3.8) is 0 Å². The van der Waals surface area contributed by atoms with Gasteiger partial charge in [0, 0.05) is 51.5 Å². The van der Waals surface area contributed by atoms with E-state index in [4.69, 9.17) is 9.47 Å². The molecule has 1 aromatic heterocycles. The van der Waals surface area contributed by atoms with E-state index in [1.54, 1.807) is 6.20 Å². The number of hydrogen-bond donors (Lipinski definition) is 1. The molecule has 1 aliphatic heterocycles. The Labute approximate surface area is 162 Å². The molecule has 1 N–H and O–H groups in total. The Hall–Kier alpha value is -1.09. The lowest BCUT2D eigenvalue weighted by atomic mass is 10.1. The summed E-state index contributed by atoms with van der Waals surface area (Å²) in [6.07, 6.45) is 3.85. The van der Waals surface area contributed by atoms with Crippen LogP contribution in [0.3, 0.4) is 0 Å². The highest BCUT2D eigenvalue weighted by Gasteiger charge is 2.19. The Bertz CT molecular complexity index is 507. The molecule has 0 aliphatic carbocycles. The molecule has 0 spiro atoms. The fourth-order valence-electron chi connectivity index (χ4n) is 2.65. The Balaban J connectivity index is 0.00000288. The number of nitrogens with one attached hydrogen (secondary N) is 1. The summed E-state index contributed by atoms with van der Waals surface area (Å²) in [6.45, 7) is 6.08. The summed E-state index contributed by atoms with van der Waals surface area (Å²) in [5.41, 5.74) is 1.04. The van der Waals surface area contributed by atoms with Crippen LogP contribution in [0.15, 0.2) is 23.3 Å². The van der Waals surface area contributed by atoms with E-state index in [1.165, 1.54) is 0 Å².